The second-order valence-electron chi connectivity index (χ2n) is 4.35. The van der Waals surface area contributed by atoms with E-state index in [0.29, 0.717) is 13.1 Å². The van der Waals surface area contributed by atoms with Crippen molar-refractivity contribution in [2.45, 2.75) is 19.9 Å². The second-order valence-corrected chi connectivity index (χ2v) is 4.35. The van der Waals surface area contributed by atoms with Gasteiger partial charge in [0, 0.05) is 25.7 Å². The van der Waals surface area contributed by atoms with E-state index in [1.807, 2.05) is 31.2 Å². The Morgan fingerprint density at radius 2 is 2.11 bits per heavy atom. The Labute approximate surface area is 109 Å². The molecule has 0 bridgehead atoms. The van der Waals surface area contributed by atoms with E-state index in [1.54, 1.807) is 19.1 Å². The number of para-hydroxylation sites is 1. The molecule has 0 aliphatic carbocycles. The number of ether oxygens (including phenoxy) is 1. The average Bonchev–Trinajstić information content (AvgIpc) is 2.40. The number of amides is 1. The monoisotopic (exact) mass is 250 g/mol. The Morgan fingerprint density at radius 3 is 2.67 bits per heavy atom. The van der Waals surface area contributed by atoms with E-state index in [-0.39, 0.29) is 11.8 Å². The van der Waals surface area contributed by atoms with Gasteiger partial charge in [-0.15, -0.1) is 0 Å². The summed E-state index contributed by atoms with van der Waals surface area (Å²) >= 11 is 0. The lowest BCUT2D eigenvalue weighted by Crippen LogP contribution is -2.36. The van der Waals surface area contributed by atoms with Crippen molar-refractivity contribution in [3.63, 3.8) is 0 Å². The van der Waals surface area contributed by atoms with Gasteiger partial charge in [0.15, 0.2) is 0 Å². The predicted molar refractivity (Wildman–Crippen MR) is 72.3 cm³/mol. The van der Waals surface area contributed by atoms with Crippen molar-refractivity contribution in [3.05, 3.63) is 29.8 Å². The summed E-state index contributed by atoms with van der Waals surface area (Å²) in [6, 6.07) is 7.72. The van der Waals surface area contributed by atoms with Crippen LogP contribution in [0.4, 0.5) is 0 Å². The fourth-order valence-corrected chi connectivity index (χ4v) is 1.92. The molecule has 0 saturated heterocycles. The highest BCUT2D eigenvalue weighted by Gasteiger charge is 2.19. The molecular weight excluding hydrogens is 228 g/mol. The second kappa shape index (κ2) is 7.01. The standard InChI is InChI=1S/C14H22N2O2/c1-4-11(9-15)14(17)16(2)10-12-7-5-6-8-13(12)18-3/h5-8,11H,4,9-10,15H2,1-3H3. The van der Waals surface area contributed by atoms with E-state index in [0.717, 1.165) is 17.7 Å². The van der Waals surface area contributed by atoms with Crippen LogP contribution in [0.25, 0.3) is 0 Å². The van der Waals surface area contributed by atoms with Crippen LogP contribution in [-0.4, -0.2) is 31.5 Å². The lowest BCUT2D eigenvalue weighted by atomic mass is 10.1. The normalized spacial score (nSPS) is 12.0. The van der Waals surface area contributed by atoms with Crippen molar-refractivity contribution in [2.24, 2.45) is 11.7 Å². The summed E-state index contributed by atoms with van der Waals surface area (Å²) in [5.74, 6) is 0.800. The van der Waals surface area contributed by atoms with Gasteiger partial charge in [0.1, 0.15) is 5.75 Å². The summed E-state index contributed by atoms with van der Waals surface area (Å²) in [5, 5.41) is 0. The molecule has 0 aromatic heterocycles. The van der Waals surface area contributed by atoms with Crippen LogP contribution in [0, 0.1) is 5.92 Å². The minimum absolute atomic E-state index is 0.0888. The molecule has 1 aromatic carbocycles. The molecule has 0 heterocycles. The number of hydrogen-bond acceptors (Lipinski definition) is 3. The highest BCUT2D eigenvalue weighted by atomic mass is 16.5. The van der Waals surface area contributed by atoms with Crippen LogP contribution < -0.4 is 10.5 Å². The van der Waals surface area contributed by atoms with Crippen LogP contribution in [0.3, 0.4) is 0 Å². The fourth-order valence-electron chi connectivity index (χ4n) is 1.92. The number of nitrogens with two attached hydrogens (primary N) is 1. The lowest BCUT2D eigenvalue weighted by molar-refractivity contribution is -0.134. The topological polar surface area (TPSA) is 55.6 Å². The van der Waals surface area contributed by atoms with Gasteiger partial charge in [-0.05, 0) is 12.5 Å². The molecule has 0 radical (unpaired) electrons. The highest BCUT2D eigenvalue weighted by molar-refractivity contribution is 5.78. The third-order valence-corrected chi connectivity index (χ3v) is 3.10. The van der Waals surface area contributed by atoms with Crippen LogP contribution >= 0.6 is 0 Å². The first-order valence-electron chi connectivity index (χ1n) is 6.20. The molecule has 0 aliphatic rings. The number of carbonyl (C=O) groups is 1. The molecule has 18 heavy (non-hydrogen) atoms. The molecular formula is C14H22N2O2. The first kappa shape index (κ1) is 14.5. The molecule has 1 amide bonds. The fraction of sp³-hybridized carbons (Fsp3) is 0.500. The van der Waals surface area contributed by atoms with Crippen molar-refractivity contribution in [1.29, 1.82) is 0 Å². The maximum atomic E-state index is 12.1. The molecule has 0 saturated carbocycles. The van der Waals surface area contributed by atoms with Crippen LogP contribution in [0.2, 0.25) is 0 Å². The first-order valence-corrected chi connectivity index (χ1v) is 6.20. The summed E-state index contributed by atoms with van der Waals surface area (Å²) in [4.78, 5) is 13.8. The van der Waals surface area contributed by atoms with Crippen LogP contribution in [0.15, 0.2) is 24.3 Å². The molecule has 1 unspecified atom stereocenters. The third kappa shape index (κ3) is 3.47. The molecule has 1 aromatic rings. The van der Waals surface area contributed by atoms with E-state index in [1.165, 1.54) is 0 Å². The number of carbonyl (C=O) groups excluding carboxylic acids is 1. The largest absolute Gasteiger partial charge is 0.496 e. The Balaban J connectivity index is 2.74. The van der Waals surface area contributed by atoms with E-state index in [4.69, 9.17) is 10.5 Å². The highest BCUT2D eigenvalue weighted by Crippen LogP contribution is 2.19. The maximum absolute atomic E-state index is 12.1. The zero-order valence-electron chi connectivity index (χ0n) is 11.3. The molecule has 0 spiro atoms. The van der Waals surface area contributed by atoms with Crippen LogP contribution in [-0.2, 0) is 11.3 Å². The van der Waals surface area contributed by atoms with Crippen molar-refractivity contribution in [3.8, 4) is 5.75 Å². The molecule has 0 fully saturated rings. The van der Waals surface area contributed by atoms with Gasteiger partial charge in [-0.1, -0.05) is 25.1 Å². The Hall–Kier alpha value is -1.55. The van der Waals surface area contributed by atoms with Gasteiger partial charge in [0.25, 0.3) is 0 Å². The van der Waals surface area contributed by atoms with Crippen molar-refractivity contribution in [1.82, 2.24) is 4.90 Å². The van der Waals surface area contributed by atoms with Gasteiger partial charge in [-0.25, -0.2) is 0 Å². The predicted octanol–water partition coefficient (Wildman–Crippen LogP) is 1.64. The Bertz CT molecular complexity index is 389. The van der Waals surface area contributed by atoms with E-state index in [9.17, 15) is 4.79 Å². The molecule has 1 atom stereocenters. The van der Waals surface area contributed by atoms with Crippen molar-refractivity contribution >= 4 is 5.91 Å². The summed E-state index contributed by atoms with van der Waals surface area (Å²) < 4.78 is 5.28. The smallest absolute Gasteiger partial charge is 0.226 e. The zero-order chi connectivity index (χ0) is 13.5. The molecule has 100 valence electrons. The van der Waals surface area contributed by atoms with E-state index < -0.39 is 0 Å². The summed E-state index contributed by atoms with van der Waals surface area (Å²) in [6.45, 7) is 2.91. The van der Waals surface area contributed by atoms with Gasteiger partial charge in [0.05, 0.1) is 13.0 Å². The summed E-state index contributed by atoms with van der Waals surface area (Å²) in [7, 11) is 3.43. The van der Waals surface area contributed by atoms with Crippen LogP contribution in [0.1, 0.15) is 18.9 Å². The number of hydrogen-bond donors (Lipinski definition) is 1. The summed E-state index contributed by atoms with van der Waals surface area (Å²) in [6.07, 6.45) is 0.769. The minimum Gasteiger partial charge on any atom is -0.496 e. The third-order valence-electron chi connectivity index (χ3n) is 3.10. The molecule has 1 rings (SSSR count). The van der Waals surface area contributed by atoms with Gasteiger partial charge in [-0.3, -0.25) is 4.79 Å². The maximum Gasteiger partial charge on any atom is 0.226 e. The molecule has 4 heteroatoms. The molecule has 4 nitrogen and oxygen atoms in total. The van der Waals surface area contributed by atoms with Gasteiger partial charge in [0.2, 0.25) is 5.91 Å². The van der Waals surface area contributed by atoms with E-state index >= 15 is 0 Å². The zero-order valence-corrected chi connectivity index (χ0v) is 11.3. The quantitative estimate of drug-likeness (QED) is 0.835. The van der Waals surface area contributed by atoms with Gasteiger partial charge >= 0.3 is 0 Å². The summed E-state index contributed by atoms with van der Waals surface area (Å²) in [5.41, 5.74) is 6.60. The van der Waals surface area contributed by atoms with Gasteiger partial charge < -0.3 is 15.4 Å². The van der Waals surface area contributed by atoms with Crippen molar-refractivity contribution < 1.29 is 9.53 Å². The SMILES string of the molecule is CCC(CN)C(=O)N(C)Cc1ccccc1OC. The van der Waals surface area contributed by atoms with E-state index in [2.05, 4.69) is 0 Å². The molecule has 0 aliphatic heterocycles. The Morgan fingerprint density at radius 1 is 1.44 bits per heavy atom. The number of benzene rings is 1. The molecule has 2 N–H and O–H groups in total. The number of nitrogens with zero attached hydrogens (tertiary/aromatic N) is 1. The number of methoxy groups -OCH3 is 1. The first-order chi connectivity index (χ1) is 8.63. The van der Waals surface area contributed by atoms with Crippen LogP contribution in [0.5, 0.6) is 5.75 Å². The Kier molecular flexibility index (Phi) is 5.65. The lowest BCUT2D eigenvalue weighted by Gasteiger charge is -2.23. The van der Waals surface area contributed by atoms with Gasteiger partial charge in [-0.2, -0.15) is 0 Å². The average molecular weight is 250 g/mol. The van der Waals surface area contributed by atoms with Crippen molar-refractivity contribution in [2.75, 3.05) is 20.7 Å². The number of rotatable bonds is 6. The minimum atomic E-state index is -0.0929.